The van der Waals surface area contributed by atoms with Gasteiger partial charge in [0.25, 0.3) is 0 Å². The molecule has 0 saturated heterocycles. The first-order chi connectivity index (χ1) is 5.75. The molecule has 0 spiro atoms. The summed E-state index contributed by atoms with van der Waals surface area (Å²) in [7, 11) is 0.283. The normalized spacial score (nSPS) is 10.3. The smallest absolute Gasteiger partial charge is 0.196 e. The van der Waals surface area contributed by atoms with Gasteiger partial charge in [0.1, 0.15) is 12.5 Å². The van der Waals surface area contributed by atoms with Gasteiger partial charge in [-0.2, -0.15) is 0 Å². The van der Waals surface area contributed by atoms with Crippen molar-refractivity contribution in [1.29, 1.82) is 0 Å². The summed E-state index contributed by atoms with van der Waals surface area (Å²) < 4.78 is 5.51. The molecule has 66 valence electrons. The highest BCUT2D eigenvalue weighted by molar-refractivity contribution is 7.95. The SMILES string of the molecule is CCOc1ccccc1[S+](C)C. The standard InChI is InChI=1S/C10H15OS/c1-4-11-9-7-5-6-8-10(9)12(2)3/h5-8H,4H2,1-3H3/q+1. The van der Waals surface area contributed by atoms with E-state index in [1.807, 2.05) is 19.1 Å². The number of rotatable bonds is 3. The maximum Gasteiger partial charge on any atom is 0.196 e. The Hall–Kier alpha value is -0.630. The van der Waals surface area contributed by atoms with Crippen molar-refractivity contribution in [1.82, 2.24) is 0 Å². The predicted molar refractivity (Wildman–Crippen MR) is 55.1 cm³/mol. The molecular weight excluding hydrogens is 168 g/mol. The second-order valence-electron chi connectivity index (χ2n) is 2.70. The van der Waals surface area contributed by atoms with Crippen LogP contribution in [0.25, 0.3) is 0 Å². The fourth-order valence-corrected chi connectivity index (χ4v) is 1.94. The van der Waals surface area contributed by atoms with Gasteiger partial charge >= 0.3 is 0 Å². The predicted octanol–water partition coefficient (Wildman–Crippen LogP) is 2.32. The quantitative estimate of drug-likeness (QED) is 0.653. The van der Waals surface area contributed by atoms with E-state index in [-0.39, 0.29) is 10.9 Å². The van der Waals surface area contributed by atoms with E-state index >= 15 is 0 Å². The molecule has 0 aliphatic carbocycles. The summed E-state index contributed by atoms with van der Waals surface area (Å²) >= 11 is 0. The van der Waals surface area contributed by atoms with Crippen LogP contribution in [0.3, 0.4) is 0 Å². The first-order valence-electron chi connectivity index (χ1n) is 4.05. The number of benzene rings is 1. The van der Waals surface area contributed by atoms with E-state index in [1.165, 1.54) is 4.90 Å². The first-order valence-corrected chi connectivity index (χ1v) is 6.09. The number of ether oxygens (including phenoxy) is 1. The van der Waals surface area contributed by atoms with Gasteiger partial charge in [0.05, 0.1) is 6.61 Å². The Balaban J connectivity index is 2.92. The Morgan fingerprint density at radius 1 is 1.25 bits per heavy atom. The molecule has 0 N–H and O–H groups in total. The third kappa shape index (κ3) is 2.18. The van der Waals surface area contributed by atoms with E-state index < -0.39 is 0 Å². The molecule has 0 aliphatic rings. The van der Waals surface area contributed by atoms with E-state index in [0.717, 1.165) is 12.4 Å². The van der Waals surface area contributed by atoms with Crippen molar-refractivity contribution in [2.45, 2.75) is 11.8 Å². The Morgan fingerprint density at radius 3 is 2.50 bits per heavy atom. The van der Waals surface area contributed by atoms with Gasteiger partial charge in [-0.25, -0.2) is 0 Å². The topological polar surface area (TPSA) is 9.23 Å². The lowest BCUT2D eigenvalue weighted by molar-refractivity contribution is 0.332. The lowest BCUT2D eigenvalue weighted by atomic mass is 10.3. The number of hydrogen-bond donors (Lipinski definition) is 0. The minimum atomic E-state index is 0.283. The molecule has 0 unspecified atom stereocenters. The molecule has 0 heterocycles. The molecule has 0 amide bonds. The molecule has 1 rings (SSSR count). The average molecular weight is 183 g/mol. The molecule has 2 heteroatoms. The maximum absolute atomic E-state index is 5.51. The number of para-hydroxylation sites is 1. The molecule has 0 fully saturated rings. The Kier molecular flexibility index (Phi) is 3.48. The van der Waals surface area contributed by atoms with Gasteiger partial charge in [0, 0.05) is 10.9 Å². The molecular formula is C10H15OS+. The van der Waals surface area contributed by atoms with Gasteiger partial charge in [-0.3, -0.25) is 0 Å². The molecule has 0 radical (unpaired) electrons. The average Bonchev–Trinajstić information content (AvgIpc) is 2.05. The molecule has 0 aliphatic heterocycles. The van der Waals surface area contributed by atoms with Gasteiger partial charge in [0.2, 0.25) is 0 Å². The van der Waals surface area contributed by atoms with Crippen molar-refractivity contribution in [2.24, 2.45) is 0 Å². The van der Waals surface area contributed by atoms with Crippen LogP contribution >= 0.6 is 0 Å². The second-order valence-corrected chi connectivity index (χ2v) is 4.77. The van der Waals surface area contributed by atoms with Crippen LogP contribution in [0.2, 0.25) is 0 Å². The van der Waals surface area contributed by atoms with Crippen molar-refractivity contribution in [3.63, 3.8) is 0 Å². The molecule has 0 saturated carbocycles. The lowest BCUT2D eigenvalue weighted by Crippen LogP contribution is -2.01. The van der Waals surface area contributed by atoms with Crippen molar-refractivity contribution >= 4 is 10.9 Å². The minimum Gasteiger partial charge on any atom is -0.489 e. The molecule has 0 aromatic heterocycles. The van der Waals surface area contributed by atoms with Crippen molar-refractivity contribution < 1.29 is 4.74 Å². The van der Waals surface area contributed by atoms with Crippen molar-refractivity contribution in [3.8, 4) is 5.75 Å². The maximum atomic E-state index is 5.51. The summed E-state index contributed by atoms with van der Waals surface area (Å²) in [4.78, 5) is 1.32. The number of hydrogen-bond acceptors (Lipinski definition) is 1. The highest BCUT2D eigenvalue weighted by Crippen LogP contribution is 2.22. The molecule has 0 atom stereocenters. The van der Waals surface area contributed by atoms with Gasteiger partial charge < -0.3 is 4.74 Å². The van der Waals surface area contributed by atoms with E-state index in [2.05, 4.69) is 24.6 Å². The fraction of sp³-hybridized carbons (Fsp3) is 0.400. The zero-order valence-corrected chi connectivity index (χ0v) is 8.65. The summed E-state index contributed by atoms with van der Waals surface area (Å²) in [6.45, 7) is 2.76. The fourth-order valence-electron chi connectivity index (χ4n) is 1.06. The monoisotopic (exact) mass is 183 g/mol. The summed E-state index contributed by atoms with van der Waals surface area (Å²) in [6, 6.07) is 8.24. The molecule has 12 heavy (non-hydrogen) atoms. The van der Waals surface area contributed by atoms with Crippen LogP contribution in [-0.4, -0.2) is 19.1 Å². The minimum absolute atomic E-state index is 0.283. The molecule has 1 nitrogen and oxygen atoms in total. The zero-order chi connectivity index (χ0) is 8.97. The third-order valence-electron chi connectivity index (χ3n) is 1.59. The van der Waals surface area contributed by atoms with Crippen molar-refractivity contribution in [3.05, 3.63) is 24.3 Å². The Bertz CT molecular complexity index is 245. The molecule has 1 aromatic carbocycles. The van der Waals surface area contributed by atoms with Crippen LogP contribution in [0.15, 0.2) is 29.2 Å². The van der Waals surface area contributed by atoms with Crippen molar-refractivity contribution in [2.75, 3.05) is 19.1 Å². The largest absolute Gasteiger partial charge is 0.489 e. The van der Waals surface area contributed by atoms with E-state index in [1.54, 1.807) is 0 Å². The highest BCUT2D eigenvalue weighted by atomic mass is 32.2. The van der Waals surface area contributed by atoms with E-state index in [9.17, 15) is 0 Å². The summed E-state index contributed by atoms with van der Waals surface area (Å²) in [5.74, 6) is 1.04. The summed E-state index contributed by atoms with van der Waals surface area (Å²) in [6.07, 6.45) is 4.41. The summed E-state index contributed by atoms with van der Waals surface area (Å²) in [5, 5.41) is 0. The first kappa shape index (κ1) is 9.46. The van der Waals surface area contributed by atoms with Gasteiger partial charge in [-0.1, -0.05) is 12.1 Å². The molecule has 0 bridgehead atoms. The third-order valence-corrected chi connectivity index (χ3v) is 2.81. The Labute approximate surface area is 77.1 Å². The second kappa shape index (κ2) is 4.41. The summed E-state index contributed by atoms with van der Waals surface area (Å²) in [5.41, 5.74) is 0. The van der Waals surface area contributed by atoms with Crippen LogP contribution in [0.4, 0.5) is 0 Å². The van der Waals surface area contributed by atoms with Crippen LogP contribution in [0, 0.1) is 0 Å². The zero-order valence-electron chi connectivity index (χ0n) is 7.83. The van der Waals surface area contributed by atoms with Gasteiger partial charge in [-0.15, -0.1) is 0 Å². The van der Waals surface area contributed by atoms with Crippen LogP contribution < -0.4 is 4.74 Å². The van der Waals surface area contributed by atoms with E-state index in [0.29, 0.717) is 0 Å². The van der Waals surface area contributed by atoms with Crippen LogP contribution in [0.1, 0.15) is 6.92 Å². The Morgan fingerprint density at radius 2 is 1.92 bits per heavy atom. The van der Waals surface area contributed by atoms with E-state index in [4.69, 9.17) is 4.74 Å². The molecule has 1 aromatic rings. The lowest BCUT2D eigenvalue weighted by Gasteiger charge is -2.05. The van der Waals surface area contributed by atoms with Crippen LogP contribution in [-0.2, 0) is 10.9 Å². The van der Waals surface area contributed by atoms with Gasteiger partial charge in [0.15, 0.2) is 10.6 Å². The van der Waals surface area contributed by atoms with Gasteiger partial charge in [-0.05, 0) is 19.1 Å². The highest BCUT2D eigenvalue weighted by Gasteiger charge is 2.13. The van der Waals surface area contributed by atoms with Crippen LogP contribution in [0.5, 0.6) is 5.75 Å².